The van der Waals surface area contributed by atoms with Gasteiger partial charge in [0, 0.05) is 5.69 Å². The molecule has 0 amide bonds. The zero-order chi connectivity index (χ0) is 13.8. The molecule has 0 radical (unpaired) electrons. The summed E-state index contributed by atoms with van der Waals surface area (Å²) >= 11 is 0. The molecule has 1 aromatic heterocycles. The third-order valence-corrected chi connectivity index (χ3v) is 3.23. The van der Waals surface area contributed by atoms with Crippen molar-refractivity contribution in [2.45, 2.75) is 32.6 Å². The van der Waals surface area contributed by atoms with Gasteiger partial charge in [0.05, 0.1) is 6.33 Å². The molecule has 2 N–H and O–H groups in total. The van der Waals surface area contributed by atoms with Crippen molar-refractivity contribution in [1.82, 2.24) is 9.97 Å². The highest BCUT2D eigenvalue weighted by atomic mass is 16.4. The van der Waals surface area contributed by atoms with E-state index in [1.54, 1.807) is 0 Å². The van der Waals surface area contributed by atoms with E-state index in [4.69, 9.17) is 5.11 Å². The predicted octanol–water partition coefficient (Wildman–Crippen LogP) is 3.02. The number of aromatic nitrogens is 2. The van der Waals surface area contributed by atoms with Crippen molar-refractivity contribution < 1.29 is 9.90 Å². The van der Waals surface area contributed by atoms with Crippen LogP contribution in [-0.2, 0) is 12.8 Å². The predicted molar refractivity (Wildman–Crippen MR) is 73.5 cm³/mol. The standard InChI is InChI=1S/C15H18N2O2/c1-10(2)12-6-3-11(4-7-12)5-8-13-14(15(18)19)17-9-16-13/h3-4,6-7,9-10H,5,8H2,1-2H3,(H,16,17)(H,18,19). The molecule has 4 nitrogen and oxygen atoms in total. The number of aromatic amines is 1. The van der Waals surface area contributed by atoms with Crippen LogP contribution in [0.25, 0.3) is 0 Å². The number of aryl methyl sites for hydroxylation is 2. The molecule has 0 aliphatic heterocycles. The number of nitrogens with zero attached hydrogens (tertiary/aromatic N) is 1. The molecule has 0 spiro atoms. The summed E-state index contributed by atoms with van der Waals surface area (Å²) < 4.78 is 0. The molecule has 0 saturated heterocycles. The Labute approximate surface area is 112 Å². The highest BCUT2D eigenvalue weighted by Crippen LogP contribution is 2.16. The minimum atomic E-state index is -0.980. The number of aromatic carboxylic acids is 1. The Morgan fingerprint density at radius 1 is 1.26 bits per heavy atom. The largest absolute Gasteiger partial charge is 0.476 e. The fourth-order valence-corrected chi connectivity index (χ4v) is 2.03. The molecule has 0 bridgehead atoms. The van der Waals surface area contributed by atoms with Crippen LogP contribution in [0.1, 0.15) is 47.1 Å². The number of hydrogen-bond acceptors (Lipinski definition) is 2. The van der Waals surface area contributed by atoms with E-state index >= 15 is 0 Å². The van der Waals surface area contributed by atoms with Crippen molar-refractivity contribution in [3.05, 3.63) is 53.1 Å². The van der Waals surface area contributed by atoms with E-state index in [1.807, 2.05) is 0 Å². The molecule has 2 aromatic rings. The lowest BCUT2D eigenvalue weighted by Crippen LogP contribution is -2.03. The molecule has 1 aromatic carbocycles. The first-order chi connectivity index (χ1) is 9.08. The van der Waals surface area contributed by atoms with Gasteiger partial charge in [0.1, 0.15) is 0 Å². The van der Waals surface area contributed by atoms with Gasteiger partial charge >= 0.3 is 5.97 Å². The fraction of sp³-hybridized carbons (Fsp3) is 0.333. The van der Waals surface area contributed by atoms with Crippen LogP contribution in [-0.4, -0.2) is 21.0 Å². The van der Waals surface area contributed by atoms with E-state index < -0.39 is 5.97 Å². The number of imidazole rings is 1. The van der Waals surface area contributed by atoms with E-state index in [2.05, 4.69) is 48.1 Å². The lowest BCUT2D eigenvalue weighted by atomic mass is 10.00. The van der Waals surface area contributed by atoms with Gasteiger partial charge in [0.25, 0.3) is 0 Å². The summed E-state index contributed by atoms with van der Waals surface area (Å²) in [7, 11) is 0. The molecule has 2 rings (SSSR count). The smallest absolute Gasteiger partial charge is 0.356 e. The van der Waals surface area contributed by atoms with Crippen molar-refractivity contribution in [2.24, 2.45) is 0 Å². The molecule has 4 heteroatoms. The topological polar surface area (TPSA) is 66.0 Å². The Hall–Kier alpha value is -2.10. The Bertz CT molecular complexity index is 556. The number of H-pyrrole nitrogens is 1. The normalized spacial score (nSPS) is 10.9. The number of carboxylic acid groups (broad SMARTS) is 1. The number of carbonyl (C=O) groups is 1. The summed E-state index contributed by atoms with van der Waals surface area (Å²) in [6.07, 6.45) is 2.89. The van der Waals surface area contributed by atoms with Gasteiger partial charge < -0.3 is 10.1 Å². The number of benzene rings is 1. The summed E-state index contributed by atoms with van der Waals surface area (Å²) in [5, 5.41) is 8.97. The maximum Gasteiger partial charge on any atom is 0.356 e. The quantitative estimate of drug-likeness (QED) is 0.866. The van der Waals surface area contributed by atoms with E-state index in [0.29, 0.717) is 18.0 Å². The average molecular weight is 258 g/mol. The third kappa shape index (κ3) is 3.22. The van der Waals surface area contributed by atoms with Crippen LogP contribution in [0.4, 0.5) is 0 Å². The SMILES string of the molecule is CC(C)c1ccc(CCc2[nH]cnc2C(=O)O)cc1. The maximum atomic E-state index is 10.9. The molecule has 0 aliphatic carbocycles. The fourth-order valence-electron chi connectivity index (χ4n) is 2.03. The van der Waals surface area contributed by atoms with Crippen molar-refractivity contribution in [2.75, 3.05) is 0 Å². The summed E-state index contributed by atoms with van der Waals surface area (Å²) in [4.78, 5) is 17.6. The summed E-state index contributed by atoms with van der Waals surface area (Å²) in [6, 6.07) is 8.47. The minimum absolute atomic E-state index is 0.124. The van der Waals surface area contributed by atoms with Gasteiger partial charge in [-0.1, -0.05) is 38.1 Å². The Kier molecular flexibility index (Phi) is 4.00. The van der Waals surface area contributed by atoms with E-state index in [-0.39, 0.29) is 5.69 Å². The zero-order valence-electron chi connectivity index (χ0n) is 11.2. The number of hydrogen-bond donors (Lipinski definition) is 2. The van der Waals surface area contributed by atoms with Crippen molar-refractivity contribution in [1.29, 1.82) is 0 Å². The van der Waals surface area contributed by atoms with Crippen molar-refractivity contribution >= 4 is 5.97 Å². The molecular formula is C15H18N2O2. The van der Waals surface area contributed by atoms with Gasteiger partial charge in [-0.05, 0) is 29.9 Å². The van der Waals surface area contributed by atoms with Crippen molar-refractivity contribution in [3.63, 3.8) is 0 Å². The molecule has 0 unspecified atom stereocenters. The Morgan fingerprint density at radius 2 is 1.95 bits per heavy atom. The first kappa shape index (κ1) is 13.3. The molecule has 0 aliphatic rings. The van der Waals surface area contributed by atoms with Gasteiger partial charge in [0.15, 0.2) is 5.69 Å². The summed E-state index contributed by atoms with van der Waals surface area (Å²) in [5.74, 6) is -0.452. The Balaban J connectivity index is 2.02. The number of nitrogens with one attached hydrogen (secondary N) is 1. The molecule has 100 valence electrons. The molecular weight excluding hydrogens is 240 g/mol. The second-order valence-electron chi connectivity index (χ2n) is 4.93. The Morgan fingerprint density at radius 3 is 2.53 bits per heavy atom. The first-order valence-electron chi connectivity index (χ1n) is 6.42. The highest BCUT2D eigenvalue weighted by Gasteiger charge is 2.12. The first-order valence-corrected chi connectivity index (χ1v) is 6.42. The van der Waals surface area contributed by atoms with E-state index in [1.165, 1.54) is 17.5 Å². The molecule has 0 atom stereocenters. The lowest BCUT2D eigenvalue weighted by Gasteiger charge is -2.06. The van der Waals surface area contributed by atoms with Crippen LogP contribution in [0.3, 0.4) is 0 Å². The second-order valence-corrected chi connectivity index (χ2v) is 4.93. The zero-order valence-corrected chi connectivity index (χ0v) is 11.2. The van der Waals surface area contributed by atoms with Crippen LogP contribution in [0.2, 0.25) is 0 Å². The van der Waals surface area contributed by atoms with Gasteiger partial charge in [-0.15, -0.1) is 0 Å². The summed E-state index contributed by atoms with van der Waals surface area (Å²) in [5.41, 5.74) is 3.33. The molecule has 1 heterocycles. The lowest BCUT2D eigenvalue weighted by molar-refractivity contribution is 0.0690. The molecule has 0 saturated carbocycles. The maximum absolute atomic E-state index is 10.9. The summed E-state index contributed by atoms with van der Waals surface area (Å²) in [6.45, 7) is 4.33. The third-order valence-electron chi connectivity index (χ3n) is 3.23. The minimum Gasteiger partial charge on any atom is -0.476 e. The average Bonchev–Trinajstić information content (AvgIpc) is 2.85. The highest BCUT2D eigenvalue weighted by molar-refractivity contribution is 5.86. The number of rotatable bonds is 5. The van der Waals surface area contributed by atoms with Crippen LogP contribution < -0.4 is 0 Å². The molecule has 0 fully saturated rings. The van der Waals surface area contributed by atoms with Gasteiger partial charge in [-0.3, -0.25) is 0 Å². The number of carboxylic acids is 1. The van der Waals surface area contributed by atoms with Gasteiger partial charge in [-0.2, -0.15) is 0 Å². The van der Waals surface area contributed by atoms with Crippen LogP contribution in [0, 0.1) is 0 Å². The second kappa shape index (κ2) is 5.69. The van der Waals surface area contributed by atoms with Crippen LogP contribution in [0.5, 0.6) is 0 Å². The monoisotopic (exact) mass is 258 g/mol. The van der Waals surface area contributed by atoms with Crippen LogP contribution in [0.15, 0.2) is 30.6 Å². The van der Waals surface area contributed by atoms with Crippen molar-refractivity contribution in [3.8, 4) is 0 Å². The van der Waals surface area contributed by atoms with E-state index in [9.17, 15) is 4.79 Å². The van der Waals surface area contributed by atoms with E-state index in [0.717, 1.165) is 6.42 Å². The molecule has 19 heavy (non-hydrogen) atoms. The van der Waals surface area contributed by atoms with Gasteiger partial charge in [0.2, 0.25) is 0 Å². The van der Waals surface area contributed by atoms with Crippen LogP contribution >= 0.6 is 0 Å². The van der Waals surface area contributed by atoms with Gasteiger partial charge in [-0.25, -0.2) is 9.78 Å².